The van der Waals surface area contributed by atoms with Crippen molar-refractivity contribution >= 4 is 50.9 Å². The highest BCUT2D eigenvalue weighted by Gasteiger charge is 2.30. The summed E-state index contributed by atoms with van der Waals surface area (Å²) >= 11 is 0. The maximum Gasteiger partial charge on any atom is 0.271 e. The molecule has 17 heteroatoms. The summed E-state index contributed by atoms with van der Waals surface area (Å²) in [4.78, 5) is 47.8. The van der Waals surface area contributed by atoms with Gasteiger partial charge in [0.25, 0.3) is 11.1 Å². The molecule has 8 aromatic rings. The summed E-state index contributed by atoms with van der Waals surface area (Å²) in [6.45, 7) is 0.429. The van der Waals surface area contributed by atoms with E-state index in [4.69, 9.17) is 0 Å². The molecule has 3 saturated carbocycles. The standard InChI is InChI=1S/C19H22N4O.C18H23N5O.C18H21N5O.CH4/c24-19-15-10-8-13(12-17(15)22-23-19)7-9-14-4-3-5-16(14)21-18-6-1-2-11-20-18;1-23-10-17(19-11-23)20-15-4-2-3-13(15)7-5-12-6-8-14-16(9-12)21-22-18(14)24;24-17-11-20-16-10-12(5-7-14(16)17)4-6-13-2-1-3-15(13)22-18-19-8-9-21-23-18;/h1-2,6,8,10-12,14,16H,3-5,7,9H2,(H,20,21)(H2,22,23,24);6,8-11,13,15,20H,2-5,7H2,1H3,(H2,21,22,24);5,7-10,13,15,20H,1-4,6,11H2,(H,19,22,23);1H4. The number of rotatable bonds is 15. The summed E-state index contributed by atoms with van der Waals surface area (Å²) in [5, 5.41) is 34.3. The third-order valence-electron chi connectivity index (χ3n) is 15.3. The average Bonchev–Trinajstić information content (AvgIpc) is 4.30. The van der Waals surface area contributed by atoms with Crippen molar-refractivity contribution in [2.24, 2.45) is 24.8 Å². The number of pyridine rings is 1. The Hall–Kier alpha value is -7.56. The van der Waals surface area contributed by atoms with Crippen molar-refractivity contribution in [2.75, 3.05) is 27.8 Å². The minimum absolute atomic E-state index is 0. The Balaban J connectivity index is 0.000000134. The Kier molecular flexibility index (Phi) is 16.4. The number of nitrogens with one attached hydrogen (secondary N) is 8. The first-order chi connectivity index (χ1) is 35.3. The molecule has 0 saturated heterocycles. The number of imidazole rings is 1. The van der Waals surface area contributed by atoms with Gasteiger partial charge in [0.1, 0.15) is 11.6 Å². The lowest BCUT2D eigenvalue weighted by Gasteiger charge is -2.21. The van der Waals surface area contributed by atoms with E-state index >= 15 is 0 Å². The van der Waals surface area contributed by atoms with E-state index in [2.05, 4.69) is 103 Å². The fraction of sp³-hybridized carbons (Fsp3) is 0.429. The highest BCUT2D eigenvalue weighted by Crippen LogP contribution is 2.35. The minimum atomic E-state index is -0.0491. The Morgan fingerprint density at radius 2 is 1.16 bits per heavy atom. The quantitative estimate of drug-likeness (QED) is 0.0480. The van der Waals surface area contributed by atoms with Crippen LogP contribution in [0, 0.1) is 17.8 Å². The van der Waals surface area contributed by atoms with Crippen molar-refractivity contribution < 1.29 is 4.79 Å². The molecule has 6 heterocycles. The van der Waals surface area contributed by atoms with E-state index in [0.29, 0.717) is 48.4 Å². The second-order valence-electron chi connectivity index (χ2n) is 20.1. The van der Waals surface area contributed by atoms with E-state index in [1.165, 1.54) is 68.1 Å². The number of anilines is 4. The molecule has 73 heavy (non-hydrogen) atoms. The van der Waals surface area contributed by atoms with Crippen LogP contribution in [0.4, 0.5) is 23.3 Å². The molecule has 3 aliphatic carbocycles. The van der Waals surface area contributed by atoms with Gasteiger partial charge >= 0.3 is 0 Å². The number of nitrogens with zero attached hydrogens (tertiary/aromatic N) is 6. The van der Waals surface area contributed by atoms with Gasteiger partial charge in [0.15, 0.2) is 5.78 Å². The zero-order chi connectivity index (χ0) is 49.2. The fourth-order valence-electron chi connectivity index (χ4n) is 11.5. The Morgan fingerprint density at radius 1 is 0.589 bits per heavy atom. The summed E-state index contributed by atoms with van der Waals surface area (Å²) in [5.41, 5.74) is 7.36. The number of H-pyrrole nitrogens is 4. The molecule has 0 spiro atoms. The molecule has 17 nitrogen and oxygen atoms in total. The Morgan fingerprint density at radius 3 is 1.71 bits per heavy atom. The first-order valence-corrected chi connectivity index (χ1v) is 25.9. The van der Waals surface area contributed by atoms with Crippen LogP contribution in [0.2, 0.25) is 0 Å². The molecular formula is C56H70N14O3. The maximum absolute atomic E-state index is 11.7. The third-order valence-corrected chi connectivity index (χ3v) is 15.3. The van der Waals surface area contributed by atoms with Gasteiger partial charge in [0.2, 0.25) is 5.95 Å². The summed E-state index contributed by atoms with van der Waals surface area (Å²) < 4.78 is 1.97. The van der Waals surface area contributed by atoms with Gasteiger partial charge in [-0.1, -0.05) is 51.0 Å². The van der Waals surface area contributed by atoms with Crippen LogP contribution < -0.4 is 32.4 Å². The number of ketones is 1. The van der Waals surface area contributed by atoms with E-state index < -0.39 is 0 Å². The summed E-state index contributed by atoms with van der Waals surface area (Å²) in [7, 11) is 1.99. The summed E-state index contributed by atoms with van der Waals surface area (Å²) in [5.74, 6) is 4.72. The second kappa shape index (κ2) is 23.8. The second-order valence-corrected chi connectivity index (χ2v) is 20.1. The van der Waals surface area contributed by atoms with Crippen molar-refractivity contribution in [3.05, 3.63) is 147 Å². The number of aromatic nitrogens is 10. The molecule has 4 aliphatic rings. The largest absolute Gasteiger partial charge is 0.377 e. The Bertz CT molecular complexity index is 3160. The lowest BCUT2D eigenvalue weighted by atomic mass is 9.94. The van der Waals surface area contributed by atoms with Crippen molar-refractivity contribution in [3.8, 4) is 0 Å². The van der Waals surface area contributed by atoms with Crippen molar-refractivity contribution in [3.63, 3.8) is 0 Å². The van der Waals surface area contributed by atoms with E-state index in [0.717, 1.165) is 89.6 Å². The van der Waals surface area contributed by atoms with Crippen LogP contribution in [-0.2, 0) is 26.3 Å². The Labute approximate surface area is 425 Å². The van der Waals surface area contributed by atoms with E-state index in [1.54, 1.807) is 12.4 Å². The van der Waals surface area contributed by atoms with Crippen molar-refractivity contribution in [1.82, 2.24) is 50.1 Å². The van der Waals surface area contributed by atoms with E-state index in [1.807, 2.05) is 66.7 Å². The van der Waals surface area contributed by atoms with Crippen molar-refractivity contribution in [2.45, 2.75) is 122 Å². The number of carbonyl (C=O) groups excluding carboxylic acids is 1. The smallest absolute Gasteiger partial charge is 0.271 e. The summed E-state index contributed by atoms with van der Waals surface area (Å²) in [6, 6.07) is 25.8. The number of hydrogen-bond acceptors (Lipinski definition) is 12. The minimum Gasteiger partial charge on any atom is -0.377 e. The number of Topliss-reactive ketones (excluding diaryl/α,β-unsaturated/α-hetero) is 1. The molecule has 5 aromatic heterocycles. The van der Waals surface area contributed by atoms with Gasteiger partial charge in [0, 0.05) is 48.8 Å². The zero-order valence-corrected chi connectivity index (χ0v) is 41.0. The van der Waals surface area contributed by atoms with Crippen molar-refractivity contribution in [1.29, 1.82) is 0 Å². The molecule has 0 radical (unpaired) electrons. The molecule has 6 atom stereocenters. The molecule has 0 bridgehead atoms. The van der Waals surface area contributed by atoms with Gasteiger partial charge in [-0.05, 0) is 160 Å². The number of aryl methyl sites for hydroxylation is 4. The lowest BCUT2D eigenvalue weighted by molar-refractivity contribution is 0.101. The van der Waals surface area contributed by atoms with Gasteiger partial charge in [-0.3, -0.25) is 34.8 Å². The van der Waals surface area contributed by atoms with Crippen LogP contribution in [0.1, 0.15) is 112 Å². The van der Waals surface area contributed by atoms with Crippen LogP contribution in [0.15, 0.2) is 114 Å². The molecular weight excluding hydrogens is 917 g/mol. The van der Waals surface area contributed by atoms with Gasteiger partial charge < -0.3 is 25.8 Å². The van der Waals surface area contributed by atoms with Crippen LogP contribution in [0.25, 0.3) is 21.8 Å². The first kappa shape index (κ1) is 50.4. The average molecular weight is 987 g/mol. The molecule has 3 aromatic carbocycles. The van der Waals surface area contributed by atoms with Crippen LogP contribution in [0.5, 0.6) is 0 Å². The molecule has 0 amide bonds. The van der Waals surface area contributed by atoms with Gasteiger partial charge in [0.05, 0.1) is 47.1 Å². The highest BCUT2D eigenvalue weighted by atomic mass is 16.1. The number of benzene rings is 3. The van der Waals surface area contributed by atoms with Gasteiger partial charge in [-0.2, -0.15) is 5.10 Å². The molecule has 1 aliphatic heterocycles. The van der Waals surface area contributed by atoms with E-state index in [9.17, 15) is 14.4 Å². The SMILES string of the molecule is C.Cn1cnc(NC2CCCC2CCc2ccc3c(=O)[nH][nH]c3c2)c1.O=C1CNc2cc(CCC3CCCC3Nc3nccnn3)ccc21.O=c1[nH][nH]c2cc(CCC3CCCC3Nc3ccccn3)ccc12. The van der Waals surface area contributed by atoms with Crippen LogP contribution in [-0.4, -0.2) is 80.6 Å². The highest BCUT2D eigenvalue weighted by molar-refractivity contribution is 6.08. The molecule has 12 rings (SSSR count). The normalized spacial score (nSPS) is 20.9. The zero-order valence-electron chi connectivity index (χ0n) is 41.0. The number of fused-ring (bicyclic) bond motifs is 3. The predicted octanol–water partition coefficient (Wildman–Crippen LogP) is 9.60. The van der Waals surface area contributed by atoms with E-state index in [-0.39, 0.29) is 24.3 Å². The van der Waals surface area contributed by atoms with Gasteiger partial charge in [-0.25, -0.2) is 15.0 Å². The number of carbonyl (C=O) groups is 1. The van der Waals surface area contributed by atoms with Crippen LogP contribution >= 0.6 is 0 Å². The third kappa shape index (κ3) is 12.7. The summed E-state index contributed by atoms with van der Waals surface area (Å²) in [6.07, 6.45) is 26.6. The number of hydrogen-bond donors (Lipinski definition) is 8. The molecule has 6 unspecified atom stereocenters. The van der Waals surface area contributed by atoms with Crippen LogP contribution in [0.3, 0.4) is 0 Å². The monoisotopic (exact) mass is 987 g/mol. The van der Waals surface area contributed by atoms with Gasteiger partial charge in [-0.15, -0.1) is 5.10 Å². The lowest BCUT2D eigenvalue weighted by Crippen LogP contribution is -2.25. The topological polar surface area (TPSA) is 232 Å². The number of aromatic amines is 4. The fourth-order valence-corrected chi connectivity index (χ4v) is 11.5. The molecule has 382 valence electrons. The maximum atomic E-state index is 11.7. The predicted molar refractivity (Wildman–Crippen MR) is 290 cm³/mol. The molecule has 8 N–H and O–H groups in total. The molecule has 3 fully saturated rings. The first-order valence-electron chi connectivity index (χ1n) is 25.9.